The van der Waals surface area contributed by atoms with E-state index in [1.165, 1.54) is 5.56 Å². The lowest BCUT2D eigenvalue weighted by Gasteiger charge is -2.28. The predicted octanol–water partition coefficient (Wildman–Crippen LogP) is 3.38. The van der Waals surface area contributed by atoms with E-state index in [-0.39, 0.29) is 6.10 Å². The first-order chi connectivity index (χ1) is 9.66. The maximum absolute atomic E-state index is 5.86. The highest BCUT2D eigenvalue weighted by molar-refractivity contribution is 5.33. The minimum absolute atomic E-state index is 0.212. The molecule has 1 aliphatic rings. The highest BCUT2D eigenvalue weighted by atomic mass is 16.5. The van der Waals surface area contributed by atoms with Crippen molar-refractivity contribution < 1.29 is 9.47 Å². The third-order valence-corrected chi connectivity index (χ3v) is 3.92. The quantitative estimate of drug-likeness (QED) is 0.864. The van der Waals surface area contributed by atoms with Crippen LogP contribution in [0.2, 0.25) is 0 Å². The number of hydrogen-bond donors (Lipinski definition) is 1. The molecule has 3 nitrogen and oxygen atoms in total. The van der Waals surface area contributed by atoms with Gasteiger partial charge in [0.1, 0.15) is 5.75 Å². The van der Waals surface area contributed by atoms with Crippen LogP contribution < -0.4 is 10.1 Å². The standard InChI is InChI=1S/C17H27NO2/c1-13(2)20-17-7-5-4-6-16(17)12-18-14(3)15-8-10-19-11-9-15/h4-7,13-15,18H,8-12H2,1-3H3. The summed E-state index contributed by atoms with van der Waals surface area (Å²) in [5, 5.41) is 3.65. The Kier molecular flexibility index (Phi) is 5.86. The summed E-state index contributed by atoms with van der Waals surface area (Å²) in [5.41, 5.74) is 1.24. The molecule has 1 aromatic rings. The number of nitrogens with one attached hydrogen (secondary N) is 1. The van der Waals surface area contributed by atoms with E-state index < -0.39 is 0 Å². The van der Waals surface area contributed by atoms with Crippen molar-refractivity contribution in [1.29, 1.82) is 0 Å². The van der Waals surface area contributed by atoms with Crippen LogP contribution in [0.5, 0.6) is 5.75 Å². The van der Waals surface area contributed by atoms with Crippen molar-refractivity contribution in [2.45, 2.75) is 52.3 Å². The smallest absolute Gasteiger partial charge is 0.124 e. The first kappa shape index (κ1) is 15.3. The Hall–Kier alpha value is -1.06. The van der Waals surface area contributed by atoms with Crippen molar-refractivity contribution in [3.8, 4) is 5.75 Å². The molecule has 3 heteroatoms. The third kappa shape index (κ3) is 4.50. The van der Waals surface area contributed by atoms with Crippen LogP contribution in [0.25, 0.3) is 0 Å². The van der Waals surface area contributed by atoms with Gasteiger partial charge in [-0.15, -0.1) is 0 Å². The Bertz CT molecular complexity index is 400. The van der Waals surface area contributed by atoms with Gasteiger partial charge in [-0.1, -0.05) is 18.2 Å². The molecule has 0 bridgehead atoms. The van der Waals surface area contributed by atoms with Crippen LogP contribution in [0.3, 0.4) is 0 Å². The van der Waals surface area contributed by atoms with Gasteiger partial charge in [-0.25, -0.2) is 0 Å². The zero-order chi connectivity index (χ0) is 14.4. The van der Waals surface area contributed by atoms with Gasteiger partial charge >= 0.3 is 0 Å². The number of benzene rings is 1. The topological polar surface area (TPSA) is 30.5 Å². The molecule has 1 N–H and O–H groups in total. The molecule has 1 aromatic carbocycles. The van der Waals surface area contributed by atoms with E-state index in [2.05, 4.69) is 44.3 Å². The lowest BCUT2D eigenvalue weighted by atomic mass is 9.93. The highest BCUT2D eigenvalue weighted by Crippen LogP contribution is 2.22. The van der Waals surface area contributed by atoms with Crippen LogP contribution >= 0.6 is 0 Å². The first-order valence-corrected chi connectivity index (χ1v) is 7.72. The largest absolute Gasteiger partial charge is 0.491 e. The van der Waals surface area contributed by atoms with Gasteiger partial charge in [0.2, 0.25) is 0 Å². The summed E-state index contributed by atoms with van der Waals surface area (Å²) in [6.45, 7) is 9.08. The van der Waals surface area contributed by atoms with Gasteiger partial charge in [0.25, 0.3) is 0 Å². The van der Waals surface area contributed by atoms with Crippen molar-refractivity contribution in [3.63, 3.8) is 0 Å². The summed E-state index contributed by atoms with van der Waals surface area (Å²) in [5.74, 6) is 1.72. The number of hydrogen-bond acceptors (Lipinski definition) is 3. The van der Waals surface area contributed by atoms with Crippen LogP contribution in [-0.4, -0.2) is 25.4 Å². The minimum atomic E-state index is 0.212. The monoisotopic (exact) mass is 277 g/mol. The van der Waals surface area contributed by atoms with E-state index in [4.69, 9.17) is 9.47 Å². The highest BCUT2D eigenvalue weighted by Gasteiger charge is 2.20. The van der Waals surface area contributed by atoms with Crippen LogP contribution in [0.1, 0.15) is 39.2 Å². The maximum atomic E-state index is 5.86. The minimum Gasteiger partial charge on any atom is -0.491 e. The molecule has 0 radical (unpaired) electrons. The molecular formula is C17H27NO2. The summed E-state index contributed by atoms with van der Waals surface area (Å²) >= 11 is 0. The molecular weight excluding hydrogens is 250 g/mol. The molecule has 1 heterocycles. The Morgan fingerprint density at radius 3 is 2.60 bits per heavy atom. The van der Waals surface area contributed by atoms with Crippen LogP contribution in [0, 0.1) is 5.92 Å². The van der Waals surface area contributed by atoms with Crippen molar-refractivity contribution in [1.82, 2.24) is 5.32 Å². The van der Waals surface area contributed by atoms with Gasteiger partial charge in [0, 0.05) is 31.4 Å². The van der Waals surface area contributed by atoms with Crippen molar-refractivity contribution in [2.24, 2.45) is 5.92 Å². The number of rotatable bonds is 6. The number of para-hydroxylation sites is 1. The molecule has 1 atom stereocenters. The normalized spacial score (nSPS) is 18.2. The van der Waals surface area contributed by atoms with Crippen LogP contribution in [0.15, 0.2) is 24.3 Å². The van der Waals surface area contributed by atoms with Crippen molar-refractivity contribution in [3.05, 3.63) is 29.8 Å². The Balaban J connectivity index is 1.89. The molecule has 0 spiro atoms. The molecule has 1 aliphatic heterocycles. The maximum Gasteiger partial charge on any atom is 0.124 e. The molecule has 20 heavy (non-hydrogen) atoms. The zero-order valence-corrected chi connectivity index (χ0v) is 12.9. The van der Waals surface area contributed by atoms with Gasteiger partial charge in [-0.3, -0.25) is 0 Å². The Morgan fingerprint density at radius 1 is 1.20 bits per heavy atom. The SMILES string of the molecule is CC(C)Oc1ccccc1CNC(C)C1CCOCC1. The van der Waals surface area contributed by atoms with E-state index in [9.17, 15) is 0 Å². The summed E-state index contributed by atoms with van der Waals surface area (Å²) in [7, 11) is 0. The summed E-state index contributed by atoms with van der Waals surface area (Å²) in [4.78, 5) is 0. The second-order valence-electron chi connectivity index (χ2n) is 5.89. The summed E-state index contributed by atoms with van der Waals surface area (Å²) in [6.07, 6.45) is 2.54. The first-order valence-electron chi connectivity index (χ1n) is 7.72. The summed E-state index contributed by atoms with van der Waals surface area (Å²) in [6, 6.07) is 8.82. The predicted molar refractivity (Wildman–Crippen MR) is 82.1 cm³/mol. The van der Waals surface area contributed by atoms with Gasteiger partial charge in [-0.05, 0) is 45.6 Å². The molecule has 0 saturated carbocycles. The van der Waals surface area contributed by atoms with Crippen molar-refractivity contribution >= 4 is 0 Å². The molecule has 1 saturated heterocycles. The molecule has 1 fully saturated rings. The zero-order valence-electron chi connectivity index (χ0n) is 12.9. The second kappa shape index (κ2) is 7.65. The summed E-state index contributed by atoms with van der Waals surface area (Å²) < 4.78 is 11.3. The lowest BCUT2D eigenvalue weighted by molar-refractivity contribution is 0.0557. The molecule has 1 unspecified atom stereocenters. The Morgan fingerprint density at radius 2 is 1.90 bits per heavy atom. The van der Waals surface area contributed by atoms with Crippen LogP contribution in [-0.2, 0) is 11.3 Å². The lowest BCUT2D eigenvalue weighted by Crippen LogP contribution is -2.36. The molecule has 0 aromatic heterocycles. The van der Waals surface area contributed by atoms with E-state index >= 15 is 0 Å². The third-order valence-electron chi connectivity index (χ3n) is 3.92. The van der Waals surface area contributed by atoms with Crippen molar-refractivity contribution in [2.75, 3.05) is 13.2 Å². The van der Waals surface area contributed by atoms with Gasteiger partial charge in [0.05, 0.1) is 6.10 Å². The molecule has 0 amide bonds. The Labute approximate surface area is 122 Å². The molecule has 112 valence electrons. The molecule has 0 aliphatic carbocycles. The average Bonchev–Trinajstić information content (AvgIpc) is 2.46. The fourth-order valence-electron chi connectivity index (χ4n) is 2.67. The van der Waals surface area contributed by atoms with Gasteiger partial charge in [-0.2, -0.15) is 0 Å². The van der Waals surface area contributed by atoms with E-state index in [0.29, 0.717) is 6.04 Å². The fraction of sp³-hybridized carbons (Fsp3) is 0.647. The van der Waals surface area contributed by atoms with Gasteiger partial charge in [0.15, 0.2) is 0 Å². The van der Waals surface area contributed by atoms with E-state index in [1.54, 1.807) is 0 Å². The average molecular weight is 277 g/mol. The fourth-order valence-corrected chi connectivity index (χ4v) is 2.67. The van der Waals surface area contributed by atoms with E-state index in [1.807, 2.05) is 6.07 Å². The van der Waals surface area contributed by atoms with Gasteiger partial charge < -0.3 is 14.8 Å². The van der Waals surface area contributed by atoms with Crippen LogP contribution in [0.4, 0.5) is 0 Å². The number of ether oxygens (including phenoxy) is 2. The second-order valence-corrected chi connectivity index (χ2v) is 5.89. The van der Waals surface area contributed by atoms with E-state index in [0.717, 1.165) is 44.3 Å². The molecule has 2 rings (SSSR count).